The van der Waals surface area contributed by atoms with E-state index in [4.69, 9.17) is 18.7 Å². The lowest BCUT2D eigenvalue weighted by molar-refractivity contribution is 0.0429. The SMILES string of the molecule is COc1ccc(C(=O)OCc2nc(-c3ccccc3C)no2)cc1OC. The number of nitrogens with zero attached hydrogens (tertiary/aromatic N) is 2. The van der Waals surface area contributed by atoms with E-state index in [9.17, 15) is 4.79 Å². The maximum Gasteiger partial charge on any atom is 0.338 e. The topological polar surface area (TPSA) is 83.7 Å². The molecule has 0 aliphatic carbocycles. The van der Waals surface area contributed by atoms with Gasteiger partial charge in [0.05, 0.1) is 19.8 Å². The average Bonchev–Trinajstić information content (AvgIpc) is 3.14. The molecule has 7 heteroatoms. The van der Waals surface area contributed by atoms with Gasteiger partial charge in [0, 0.05) is 5.56 Å². The van der Waals surface area contributed by atoms with Crippen LogP contribution in [0.3, 0.4) is 0 Å². The summed E-state index contributed by atoms with van der Waals surface area (Å²) in [6.45, 7) is 1.84. The van der Waals surface area contributed by atoms with Gasteiger partial charge in [0.1, 0.15) is 0 Å². The van der Waals surface area contributed by atoms with Gasteiger partial charge in [-0.2, -0.15) is 4.98 Å². The zero-order chi connectivity index (χ0) is 18.5. The highest BCUT2D eigenvalue weighted by atomic mass is 16.6. The van der Waals surface area contributed by atoms with E-state index in [1.54, 1.807) is 18.2 Å². The van der Waals surface area contributed by atoms with Crippen molar-refractivity contribution in [3.8, 4) is 22.9 Å². The highest BCUT2D eigenvalue weighted by Gasteiger charge is 2.15. The first-order chi connectivity index (χ1) is 12.6. The first kappa shape index (κ1) is 17.5. The summed E-state index contributed by atoms with van der Waals surface area (Å²) in [5, 5.41) is 3.93. The lowest BCUT2D eigenvalue weighted by atomic mass is 10.1. The number of ether oxygens (including phenoxy) is 3. The first-order valence-corrected chi connectivity index (χ1v) is 7.90. The van der Waals surface area contributed by atoms with Gasteiger partial charge in [-0.1, -0.05) is 29.4 Å². The predicted molar refractivity (Wildman–Crippen MR) is 93.1 cm³/mol. The summed E-state index contributed by atoms with van der Waals surface area (Å²) < 4.78 is 20.7. The second kappa shape index (κ2) is 7.69. The van der Waals surface area contributed by atoms with Crippen LogP contribution in [0, 0.1) is 6.92 Å². The molecule has 1 aromatic heterocycles. The average molecular weight is 354 g/mol. The van der Waals surface area contributed by atoms with Crippen molar-refractivity contribution in [1.29, 1.82) is 0 Å². The standard InChI is InChI=1S/C19H18N2O5/c1-12-6-4-5-7-14(12)18-20-17(26-21-18)11-25-19(22)13-8-9-15(23-2)16(10-13)24-3/h4-10H,11H2,1-3H3. The molecule has 0 aliphatic rings. The summed E-state index contributed by atoms with van der Waals surface area (Å²) in [4.78, 5) is 16.5. The van der Waals surface area contributed by atoms with Crippen LogP contribution in [0.25, 0.3) is 11.4 Å². The van der Waals surface area contributed by atoms with Gasteiger partial charge < -0.3 is 18.7 Å². The summed E-state index contributed by atoms with van der Waals surface area (Å²) in [7, 11) is 3.02. The fourth-order valence-corrected chi connectivity index (χ4v) is 2.42. The summed E-state index contributed by atoms with van der Waals surface area (Å²) in [6.07, 6.45) is 0. The highest BCUT2D eigenvalue weighted by Crippen LogP contribution is 2.28. The number of aryl methyl sites for hydroxylation is 1. The van der Waals surface area contributed by atoms with Crippen molar-refractivity contribution in [1.82, 2.24) is 10.1 Å². The van der Waals surface area contributed by atoms with Gasteiger partial charge in [-0.3, -0.25) is 0 Å². The summed E-state index contributed by atoms with van der Waals surface area (Å²) in [5.41, 5.74) is 2.23. The van der Waals surface area contributed by atoms with E-state index in [2.05, 4.69) is 10.1 Å². The molecule has 3 aromatic rings. The van der Waals surface area contributed by atoms with Crippen molar-refractivity contribution >= 4 is 5.97 Å². The van der Waals surface area contributed by atoms with Crippen molar-refractivity contribution in [2.75, 3.05) is 14.2 Å². The molecule has 0 saturated heterocycles. The second-order valence-corrected chi connectivity index (χ2v) is 5.47. The number of carbonyl (C=O) groups excluding carboxylic acids is 1. The monoisotopic (exact) mass is 354 g/mol. The lowest BCUT2D eigenvalue weighted by Crippen LogP contribution is -2.06. The quantitative estimate of drug-likeness (QED) is 0.627. The van der Waals surface area contributed by atoms with Gasteiger partial charge in [0.25, 0.3) is 5.89 Å². The van der Waals surface area contributed by atoms with Crippen LogP contribution >= 0.6 is 0 Å². The van der Waals surface area contributed by atoms with Crippen molar-refractivity contribution in [3.63, 3.8) is 0 Å². The van der Waals surface area contributed by atoms with Gasteiger partial charge >= 0.3 is 5.97 Å². The fourth-order valence-electron chi connectivity index (χ4n) is 2.42. The van der Waals surface area contributed by atoms with Crippen LogP contribution in [0.1, 0.15) is 21.8 Å². The van der Waals surface area contributed by atoms with Crippen molar-refractivity contribution in [2.45, 2.75) is 13.5 Å². The predicted octanol–water partition coefficient (Wildman–Crippen LogP) is 3.42. The number of esters is 1. The van der Waals surface area contributed by atoms with E-state index >= 15 is 0 Å². The number of benzene rings is 2. The minimum absolute atomic E-state index is 0.119. The van der Waals surface area contributed by atoms with Gasteiger partial charge in [-0.15, -0.1) is 0 Å². The Morgan fingerprint density at radius 2 is 1.85 bits per heavy atom. The maximum atomic E-state index is 12.2. The molecule has 26 heavy (non-hydrogen) atoms. The Kier molecular flexibility index (Phi) is 5.17. The van der Waals surface area contributed by atoms with Gasteiger partial charge in [-0.25, -0.2) is 4.79 Å². The van der Waals surface area contributed by atoms with Crippen LogP contribution in [0.2, 0.25) is 0 Å². The molecule has 0 amide bonds. The zero-order valence-electron chi connectivity index (χ0n) is 14.7. The molecule has 3 rings (SSSR count). The largest absolute Gasteiger partial charge is 0.493 e. The Labute approximate surface area is 150 Å². The molecule has 0 spiro atoms. The molecule has 7 nitrogen and oxygen atoms in total. The van der Waals surface area contributed by atoms with Crippen LogP contribution in [0.15, 0.2) is 47.0 Å². The Hall–Kier alpha value is -3.35. The normalized spacial score (nSPS) is 10.4. The maximum absolute atomic E-state index is 12.2. The third-order valence-corrected chi connectivity index (χ3v) is 3.80. The molecule has 0 unspecified atom stereocenters. The van der Waals surface area contributed by atoms with Gasteiger partial charge in [0.15, 0.2) is 18.1 Å². The van der Waals surface area contributed by atoms with E-state index in [0.29, 0.717) is 22.9 Å². The Balaban J connectivity index is 1.68. The van der Waals surface area contributed by atoms with Gasteiger partial charge in [0.2, 0.25) is 5.82 Å². The molecule has 0 N–H and O–H groups in total. The highest BCUT2D eigenvalue weighted by molar-refractivity contribution is 5.90. The second-order valence-electron chi connectivity index (χ2n) is 5.47. The molecule has 0 bridgehead atoms. The molecule has 0 aliphatic heterocycles. The minimum atomic E-state index is -0.526. The van der Waals surface area contributed by atoms with E-state index < -0.39 is 5.97 Å². The van der Waals surface area contributed by atoms with Crippen LogP contribution in [0.5, 0.6) is 11.5 Å². The number of rotatable bonds is 6. The number of aromatic nitrogens is 2. The fraction of sp³-hybridized carbons (Fsp3) is 0.211. The van der Waals surface area contributed by atoms with E-state index in [0.717, 1.165) is 11.1 Å². The molecule has 0 atom stereocenters. The van der Waals surface area contributed by atoms with Crippen LogP contribution < -0.4 is 9.47 Å². The summed E-state index contributed by atoms with van der Waals surface area (Å²) in [6, 6.07) is 12.5. The van der Waals surface area contributed by atoms with Crippen LogP contribution in [0.4, 0.5) is 0 Å². The molecular formula is C19H18N2O5. The first-order valence-electron chi connectivity index (χ1n) is 7.90. The van der Waals surface area contributed by atoms with Crippen molar-refractivity contribution in [3.05, 3.63) is 59.5 Å². The molecule has 134 valence electrons. The minimum Gasteiger partial charge on any atom is -0.493 e. The van der Waals surface area contributed by atoms with Crippen LogP contribution in [-0.2, 0) is 11.3 Å². The third-order valence-electron chi connectivity index (χ3n) is 3.80. The van der Waals surface area contributed by atoms with E-state index in [1.807, 2.05) is 31.2 Å². The molecule has 2 aromatic carbocycles. The molecule has 0 radical (unpaired) electrons. The molecule has 0 saturated carbocycles. The third kappa shape index (κ3) is 3.66. The smallest absolute Gasteiger partial charge is 0.338 e. The summed E-state index contributed by atoms with van der Waals surface area (Å²) in [5.74, 6) is 1.13. The number of methoxy groups -OCH3 is 2. The number of carbonyl (C=O) groups is 1. The lowest BCUT2D eigenvalue weighted by Gasteiger charge is -2.08. The number of hydrogen-bond acceptors (Lipinski definition) is 7. The van der Waals surface area contributed by atoms with E-state index in [-0.39, 0.29) is 12.5 Å². The van der Waals surface area contributed by atoms with Crippen molar-refractivity contribution in [2.24, 2.45) is 0 Å². The van der Waals surface area contributed by atoms with Crippen LogP contribution in [-0.4, -0.2) is 30.3 Å². The Bertz CT molecular complexity index is 920. The number of hydrogen-bond donors (Lipinski definition) is 0. The summed E-state index contributed by atoms with van der Waals surface area (Å²) >= 11 is 0. The van der Waals surface area contributed by atoms with E-state index in [1.165, 1.54) is 14.2 Å². The molecule has 0 fully saturated rings. The molecule has 1 heterocycles. The molecular weight excluding hydrogens is 336 g/mol. The Morgan fingerprint density at radius 1 is 1.08 bits per heavy atom. The van der Waals surface area contributed by atoms with Crippen molar-refractivity contribution < 1.29 is 23.5 Å². The Morgan fingerprint density at radius 3 is 2.58 bits per heavy atom. The zero-order valence-corrected chi connectivity index (χ0v) is 14.7. The van der Waals surface area contributed by atoms with Gasteiger partial charge in [-0.05, 0) is 30.7 Å².